The zero-order valence-corrected chi connectivity index (χ0v) is 17.1. The number of hydrogen-bond acceptors (Lipinski definition) is 4. The van der Waals surface area contributed by atoms with E-state index in [1.807, 2.05) is 30.3 Å². The molecular weight excluding hydrogens is 392 g/mol. The van der Waals surface area contributed by atoms with Crippen molar-refractivity contribution in [1.29, 1.82) is 0 Å². The SMILES string of the molecule is CC(=O)Nc1cccc(NCC(=O)Nc2ccc(C(=O)NCc3ccccc3)cc2)c1. The molecule has 0 atom stereocenters. The third-order valence-corrected chi connectivity index (χ3v) is 4.36. The van der Waals surface area contributed by atoms with Crippen LogP contribution in [0.2, 0.25) is 0 Å². The Morgan fingerprint density at radius 1 is 0.742 bits per heavy atom. The Morgan fingerprint density at radius 3 is 2.16 bits per heavy atom. The summed E-state index contributed by atoms with van der Waals surface area (Å²) >= 11 is 0. The smallest absolute Gasteiger partial charge is 0.251 e. The van der Waals surface area contributed by atoms with E-state index in [9.17, 15) is 14.4 Å². The highest BCUT2D eigenvalue weighted by molar-refractivity contribution is 5.96. The zero-order chi connectivity index (χ0) is 22.1. The summed E-state index contributed by atoms with van der Waals surface area (Å²) in [6.45, 7) is 1.95. The summed E-state index contributed by atoms with van der Waals surface area (Å²) in [5.74, 6) is -0.569. The molecule has 0 aliphatic carbocycles. The second-order valence-corrected chi connectivity index (χ2v) is 6.91. The summed E-state index contributed by atoms with van der Waals surface area (Å²) in [5, 5.41) is 11.4. The third kappa shape index (κ3) is 7.01. The van der Waals surface area contributed by atoms with Gasteiger partial charge in [0.25, 0.3) is 5.91 Å². The maximum Gasteiger partial charge on any atom is 0.251 e. The molecule has 0 aliphatic rings. The molecule has 31 heavy (non-hydrogen) atoms. The van der Waals surface area contributed by atoms with Crippen LogP contribution in [-0.2, 0) is 16.1 Å². The van der Waals surface area contributed by atoms with E-state index >= 15 is 0 Å². The molecule has 0 aliphatic heterocycles. The first kappa shape index (κ1) is 21.6. The second-order valence-electron chi connectivity index (χ2n) is 6.91. The molecule has 7 heteroatoms. The van der Waals surface area contributed by atoms with Crippen molar-refractivity contribution in [3.63, 3.8) is 0 Å². The number of hydrogen-bond donors (Lipinski definition) is 4. The summed E-state index contributed by atoms with van der Waals surface area (Å²) in [7, 11) is 0. The highest BCUT2D eigenvalue weighted by Crippen LogP contribution is 2.15. The van der Waals surface area contributed by atoms with Crippen LogP contribution in [0, 0.1) is 0 Å². The quantitative estimate of drug-likeness (QED) is 0.451. The fourth-order valence-corrected chi connectivity index (χ4v) is 2.88. The van der Waals surface area contributed by atoms with Gasteiger partial charge >= 0.3 is 0 Å². The Bertz CT molecular complexity index is 1050. The van der Waals surface area contributed by atoms with Gasteiger partial charge < -0.3 is 21.3 Å². The summed E-state index contributed by atoms with van der Waals surface area (Å²) in [6, 6.07) is 23.5. The number of nitrogens with one attached hydrogen (secondary N) is 4. The molecule has 0 heterocycles. The minimum Gasteiger partial charge on any atom is -0.376 e. The maximum atomic E-state index is 12.3. The van der Waals surface area contributed by atoms with Gasteiger partial charge in [-0.25, -0.2) is 0 Å². The lowest BCUT2D eigenvalue weighted by atomic mass is 10.1. The first-order valence-corrected chi connectivity index (χ1v) is 9.83. The molecule has 7 nitrogen and oxygen atoms in total. The van der Waals surface area contributed by atoms with Crippen molar-refractivity contribution in [3.8, 4) is 0 Å². The highest BCUT2D eigenvalue weighted by Gasteiger charge is 2.07. The van der Waals surface area contributed by atoms with E-state index in [2.05, 4.69) is 21.3 Å². The van der Waals surface area contributed by atoms with Crippen molar-refractivity contribution in [1.82, 2.24) is 5.32 Å². The van der Waals surface area contributed by atoms with E-state index in [0.717, 1.165) is 5.56 Å². The van der Waals surface area contributed by atoms with E-state index in [-0.39, 0.29) is 24.3 Å². The van der Waals surface area contributed by atoms with Gasteiger partial charge in [0, 0.05) is 36.1 Å². The number of rotatable bonds is 8. The minimum atomic E-state index is -0.230. The summed E-state index contributed by atoms with van der Waals surface area (Å²) in [6.07, 6.45) is 0. The van der Waals surface area contributed by atoms with Crippen LogP contribution in [0.4, 0.5) is 17.1 Å². The maximum absolute atomic E-state index is 12.3. The molecule has 0 radical (unpaired) electrons. The van der Waals surface area contributed by atoms with Crippen LogP contribution in [0.3, 0.4) is 0 Å². The van der Waals surface area contributed by atoms with Crippen molar-refractivity contribution < 1.29 is 14.4 Å². The molecule has 4 N–H and O–H groups in total. The van der Waals surface area contributed by atoms with Crippen molar-refractivity contribution in [2.75, 3.05) is 22.5 Å². The van der Waals surface area contributed by atoms with Crippen LogP contribution in [0.1, 0.15) is 22.8 Å². The van der Waals surface area contributed by atoms with Crippen molar-refractivity contribution in [3.05, 3.63) is 90.0 Å². The average molecular weight is 416 g/mol. The molecule has 0 saturated carbocycles. The molecule has 0 fully saturated rings. The van der Waals surface area contributed by atoms with Crippen molar-refractivity contribution >= 4 is 34.8 Å². The predicted molar refractivity (Wildman–Crippen MR) is 122 cm³/mol. The molecule has 3 aromatic carbocycles. The van der Waals surface area contributed by atoms with Crippen LogP contribution >= 0.6 is 0 Å². The lowest BCUT2D eigenvalue weighted by Crippen LogP contribution is -2.23. The molecule has 3 aromatic rings. The number of benzene rings is 3. The molecule has 158 valence electrons. The van der Waals surface area contributed by atoms with Gasteiger partial charge in [-0.15, -0.1) is 0 Å². The Balaban J connectivity index is 1.47. The minimum absolute atomic E-state index is 0.0584. The van der Waals surface area contributed by atoms with E-state index in [4.69, 9.17) is 0 Å². The van der Waals surface area contributed by atoms with E-state index < -0.39 is 0 Å². The Hall–Kier alpha value is -4.13. The van der Waals surface area contributed by atoms with Gasteiger partial charge in [-0.2, -0.15) is 0 Å². The molecule has 0 aromatic heterocycles. The van der Waals surface area contributed by atoms with Gasteiger partial charge in [-0.05, 0) is 48.0 Å². The van der Waals surface area contributed by atoms with Gasteiger partial charge in [0.2, 0.25) is 11.8 Å². The molecular formula is C24H24N4O3. The predicted octanol–water partition coefficient (Wildman–Crippen LogP) is 3.63. The van der Waals surface area contributed by atoms with E-state index in [0.29, 0.717) is 29.2 Å². The van der Waals surface area contributed by atoms with E-state index in [1.54, 1.807) is 48.5 Å². The van der Waals surface area contributed by atoms with Crippen LogP contribution in [-0.4, -0.2) is 24.3 Å². The van der Waals surface area contributed by atoms with Crippen molar-refractivity contribution in [2.24, 2.45) is 0 Å². The fourth-order valence-electron chi connectivity index (χ4n) is 2.88. The number of amides is 3. The lowest BCUT2D eigenvalue weighted by molar-refractivity contribution is -0.115. The van der Waals surface area contributed by atoms with Crippen LogP contribution in [0.5, 0.6) is 0 Å². The third-order valence-electron chi connectivity index (χ3n) is 4.36. The van der Waals surface area contributed by atoms with Crippen LogP contribution in [0.15, 0.2) is 78.9 Å². The Morgan fingerprint density at radius 2 is 1.45 bits per heavy atom. The van der Waals surface area contributed by atoms with Crippen LogP contribution in [0.25, 0.3) is 0 Å². The number of anilines is 3. The standard InChI is InChI=1S/C24H24N4O3/c1-17(29)27-22-9-5-8-21(14-22)25-16-23(30)28-20-12-10-19(11-13-20)24(31)26-15-18-6-3-2-4-7-18/h2-14,25H,15-16H2,1H3,(H,26,31)(H,27,29)(H,28,30). The molecule has 3 amide bonds. The number of carbonyl (C=O) groups excluding carboxylic acids is 3. The second kappa shape index (κ2) is 10.6. The van der Waals surface area contributed by atoms with Crippen LogP contribution < -0.4 is 21.3 Å². The Kier molecular flexibility index (Phi) is 7.37. The number of carbonyl (C=O) groups is 3. The monoisotopic (exact) mass is 416 g/mol. The van der Waals surface area contributed by atoms with Crippen molar-refractivity contribution in [2.45, 2.75) is 13.5 Å². The van der Waals surface area contributed by atoms with Gasteiger partial charge in [0.1, 0.15) is 0 Å². The topological polar surface area (TPSA) is 99.3 Å². The average Bonchev–Trinajstić information content (AvgIpc) is 2.77. The molecule has 0 spiro atoms. The molecule has 0 unspecified atom stereocenters. The molecule has 0 bridgehead atoms. The van der Waals surface area contributed by atoms with Gasteiger partial charge in [0.05, 0.1) is 6.54 Å². The van der Waals surface area contributed by atoms with Gasteiger partial charge in [0.15, 0.2) is 0 Å². The molecule has 0 saturated heterocycles. The first-order chi connectivity index (χ1) is 15.0. The fraction of sp³-hybridized carbons (Fsp3) is 0.125. The van der Waals surface area contributed by atoms with Gasteiger partial charge in [-0.3, -0.25) is 14.4 Å². The highest BCUT2D eigenvalue weighted by atomic mass is 16.2. The van der Waals surface area contributed by atoms with Gasteiger partial charge in [-0.1, -0.05) is 36.4 Å². The summed E-state index contributed by atoms with van der Waals surface area (Å²) < 4.78 is 0. The summed E-state index contributed by atoms with van der Waals surface area (Å²) in [5.41, 5.74) is 3.50. The Labute approximate surface area is 180 Å². The molecule has 3 rings (SSSR count). The largest absolute Gasteiger partial charge is 0.376 e. The lowest BCUT2D eigenvalue weighted by Gasteiger charge is -2.10. The zero-order valence-electron chi connectivity index (χ0n) is 17.1. The normalized spacial score (nSPS) is 10.1. The summed E-state index contributed by atoms with van der Waals surface area (Å²) in [4.78, 5) is 35.6. The first-order valence-electron chi connectivity index (χ1n) is 9.83. The van der Waals surface area contributed by atoms with E-state index in [1.165, 1.54) is 6.92 Å².